The molecule has 0 unspecified atom stereocenters. The maximum atomic E-state index is 13.2. The molecule has 3 aromatic carbocycles. The van der Waals surface area contributed by atoms with Gasteiger partial charge in [-0.15, -0.1) is 0 Å². The topological polar surface area (TPSA) is 316 Å². The zero-order valence-electron chi connectivity index (χ0n) is 30.6. The fourth-order valence-corrected chi connectivity index (χ4v) is 6.29. The first kappa shape index (κ1) is 41.9. The summed E-state index contributed by atoms with van der Waals surface area (Å²) >= 11 is 0. The number of methoxy groups -OCH3 is 2. The predicted octanol–water partition coefficient (Wildman–Crippen LogP) is 0.193. The molecular weight excluding hydrogens is 776 g/mol. The number of carbonyl (C=O) groups excluding carboxylic acids is 1. The van der Waals surface area contributed by atoms with Crippen LogP contribution < -0.4 is 14.2 Å². The van der Waals surface area contributed by atoms with E-state index in [-0.39, 0.29) is 51.0 Å². The highest BCUT2D eigenvalue weighted by molar-refractivity contribution is 5.89. The lowest BCUT2D eigenvalue weighted by Crippen LogP contribution is -2.63. The molecule has 2 saturated heterocycles. The van der Waals surface area contributed by atoms with Gasteiger partial charge in [-0.2, -0.15) is 0 Å². The highest BCUT2D eigenvalue weighted by Gasteiger charge is 2.50. The van der Waals surface area contributed by atoms with Crippen LogP contribution in [0.4, 0.5) is 0 Å². The second-order valence-corrected chi connectivity index (χ2v) is 13.2. The average Bonchev–Trinajstić information content (AvgIpc) is 3.20. The molecule has 0 spiro atoms. The molecule has 0 aliphatic carbocycles. The number of hydrogen-bond donors (Lipinski definition) is 11. The van der Waals surface area contributed by atoms with Gasteiger partial charge in [-0.05, 0) is 35.9 Å². The van der Waals surface area contributed by atoms with E-state index in [1.807, 2.05) is 0 Å². The molecule has 6 rings (SSSR count). The van der Waals surface area contributed by atoms with Crippen LogP contribution in [0.15, 0.2) is 59.0 Å². The molecule has 1 aromatic heterocycles. The lowest BCUT2D eigenvalue weighted by atomic mass is 9.98. The van der Waals surface area contributed by atoms with E-state index < -0.39 is 97.8 Å². The van der Waals surface area contributed by atoms with Crippen molar-refractivity contribution in [3.05, 3.63) is 60.2 Å². The quantitative estimate of drug-likeness (QED) is 0.0393. The zero-order valence-corrected chi connectivity index (χ0v) is 30.6. The number of aliphatic hydroxyl groups is 6. The molecule has 2 aliphatic rings. The molecule has 20 nitrogen and oxygen atoms in total. The second-order valence-electron chi connectivity index (χ2n) is 13.2. The van der Waals surface area contributed by atoms with Crippen molar-refractivity contribution in [2.24, 2.45) is 0 Å². The number of phenols is 5. The summed E-state index contributed by atoms with van der Waals surface area (Å²) in [7, 11) is 2.61. The third-order valence-corrected chi connectivity index (χ3v) is 9.38. The van der Waals surface area contributed by atoms with Crippen LogP contribution in [0.1, 0.15) is 5.56 Å². The minimum atomic E-state index is -2.01. The Morgan fingerprint density at radius 2 is 1.41 bits per heavy atom. The largest absolute Gasteiger partial charge is 0.507 e. The molecule has 0 saturated carbocycles. The van der Waals surface area contributed by atoms with E-state index in [4.69, 9.17) is 37.6 Å². The van der Waals surface area contributed by atoms with Crippen LogP contribution in [0.3, 0.4) is 0 Å². The number of hydrogen-bond acceptors (Lipinski definition) is 19. The highest BCUT2D eigenvalue weighted by Crippen LogP contribution is 2.43. The van der Waals surface area contributed by atoms with Crippen LogP contribution in [0.2, 0.25) is 0 Å². The van der Waals surface area contributed by atoms with Gasteiger partial charge in [0, 0.05) is 24.3 Å². The fourth-order valence-electron chi connectivity index (χ4n) is 6.29. The summed E-state index contributed by atoms with van der Waals surface area (Å²) in [4.78, 5) is 13.2. The summed E-state index contributed by atoms with van der Waals surface area (Å²) in [6.07, 6.45) is -15.4. The molecule has 0 bridgehead atoms. The highest BCUT2D eigenvalue weighted by atomic mass is 16.7. The molecule has 2 aliphatic heterocycles. The van der Waals surface area contributed by atoms with Crippen molar-refractivity contribution in [2.75, 3.05) is 27.4 Å². The molecule has 10 atom stereocenters. The molecule has 20 heteroatoms. The van der Waals surface area contributed by atoms with E-state index in [0.29, 0.717) is 5.56 Å². The molecule has 4 aromatic rings. The maximum Gasteiger partial charge on any atom is 0.402 e. The third-order valence-electron chi connectivity index (χ3n) is 9.38. The van der Waals surface area contributed by atoms with Gasteiger partial charge in [0.25, 0.3) is 0 Å². The number of esters is 1. The summed E-state index contributed by atoms with van der Waals surface area (Å²) in [6.45, 7) is -1.49. The number of benzene rings is 3. The first-order valence-electron chi connectivity index (χ1n) is 17.4. The molecule has 11 N–H and O–H groups in total. The van der Waals surface area contributed by atoms with Gasteiger partial charge in [0.2, 0.25) is 17.8 Å². The van der Waals surface area contributed by atoms with E-state index in [9.17, 15) is 61.0 Å². The molecule has 0 radical (unpaired) electrons. The fraction of sp³-hybridized carbons (Fsp3) is 0.368. The number of ether oxygens (including phenoxy) is 7. The van der Waals surface area contributed by atoms with E-state index in [0.717, 1.165) is 24.3 Å². The third kappa shape index (κ3) is 8.60. The van der Waals surface area contributed by atoms with Gasteiger partial charge in [-0.3, -0.25) is 0 Å². The summed E-state index contributed by atoms with van der Waals surface area (Å²) in [5.74, 6) is -3.63. The van der Waals surface area contributed by atoms with E-state index >= 15 is 0 Å². The number of aromatic hydroxyl groups is 5. The monoisotopic (exact) mass is 817 g/mol. The normalized spacial score (nSPS) is 27.4. The number of rotatable bonds is 12. The van der Waals surface area contributed by atoms with Crippen LogP contribution in [0.25, 0.3) is 28.4 Å². The van der Waals surface area contributed by atoms with Crippen molar-refractivity contribution in [3.8, 4) is 57.3 Å². The van der Waals surface area contributed by atoms with Crippen LogP contribution in [0, 0.1) is 0 Å². The lowest BCUT2D eigenvalue weighted by Gasteiger charge is -2.43. The van der Waals surface area contributed by atoms with Gasteiger partial charge in [0.05, 0.1) is 39.1 Å². The second kappa shape index (κ2) is 17.4. The van der Waals surface area contributed by atoms with Crippen molar-refractivity contribution in [1.82, 2.24) is 0 Å². The summed E-state index contributed by atoms with van der Waals surface area (Å²) < 4.78 is 44.8. The smallest absolute Gasteiger partial charge is 0.402 e. The number of phenolic OH excluding ortho intramolecular Hbond substituents is 5. The Morgan fingerprint density at radius 1 is 0.741 bits per heavy atom. The average molecular weight is 818 g/mol. The van der Waals surface area contributed by atoms with Gasteiger partial charge in [0.15, 0.2) is 35.4 Å². The Bertz CT molecular complexity index is 2110. The SMILES string of the molecule is COc1cc(/C=C/C(=O)O[C@@H]2[C@@H](O)[C@H](O)[C@H](Oc3cc4c(O)cc(O)cc4[o+]c3-c3ccc(O)c(O)c3)O[C@@H]2CO[C@@H]2O[C@H](CO)[C@@H](O)[C@@H](O)[C@H]2O)cc(OC)c1O. The van der Waals surface area contributed by atoms with Gasteiger partial charge in [-0.25, -0.2) is 9.21 Å². The molecule has 3 heterocycles. The van der Waals surface area contributed by atoms with Crippen LogP contribution >= 0.6 is 0 Å². The van der Waals surface area contributed by atoms with Crippen LogP contribution in [-0.4, -0.2) is 151 Å². The minimum absolute atomic E-state index is 0.00430. The number of carbonyl (C=O) groups is 1. The van der Waals surface area contributed by atoms with Gasteiger partial charge in [0.1, 0.15) is 59.6 Å². The van der Waals surface area contributed by atoms with Crippen molar-refractivity contribution in [1.29, 1.82) is 0 Å². The Balaban J connectivity index is 1.32. The van der Waals surface area contributed by atoms with Crippen molar-refractivity contribution in [3.63, 3.8) is 0 Å². The molecular formula is C38H41O20+. The maximum absolute atomic E-state index is 13.2. The lowest BCUT2D eigenvalue weighted by molar-refractivity contribution is -0.323. The first-order valence-corrected chi connectivity index (χ1v) is 17.4. The van der Waals surface area contributed by atoms with Crippen molar-refractivity contribution < 1.29 is 98.5 Å². The van der Waals surface area contributed by atoms with E-state index in [2.05, 4.69) is 0 Å². The van der Waals surface area contributed by atoms with E-state index in [1.165, 1.54) is 50.6 Å². The summed E-state index contributed by atoms with van der Waals surface area (Å²) in [5.41, 5.74) is 0.345. The molecule has 312 valence electrons. The Kier molecular flexibility index (Phi) is 12.6. The molecule has 0 amide bonds. The van der Waals surface area contributed by atoms with E-state index in [1.54, 1.807) is 0 Å². The van der Waals surface area contributed by atoms with Gasteiger partial charge < -0.3 is 89.3 Å². The number of aliphatic hydroxyl groups excluding tert-OH is 6. The molecule has 58 heavy (non-hydrogen) atoms. The van der Waals surface area contributed by atoms with Crippen LogP contribution in [0.5, 0.6) is 46.0 Å². The predicted molar refractivity (Wildman–Crippen MR) is 194 cm³/mol. The number of fused-ring (bicyclic) bond motifs is 1. The van der Waals surface area contributed by atoms with Crippen LogP contribution in [-0.2, 0) is 23.7 Å². The standard InChI is InChI=1S/C38H40O20/c1-51-23-7-15(8-24(52-2)29(23)45)3-6-28(44)58-36-27(14-53-37-33(49)31(47)30(46)26(13-39)56-37)57-38(34(50)32(36)48)55-25-12-18-20(42)10-17(40)11-22(18)54-35(25)16-4-5-19(41)21(43)9-16/h3-12,26-27,30-34,36-39,46-50H,13-14H2,1-2H3,(H4-,40,41,42,43,44,45)/p+1/t26-,27-,30-,31-,32+,33-,34+,36+,37-,38-/m1/s1. The summed E-state index contributed by atoms with van der Waals surface area (Å²) in [6, 6.07) is 9.76. The van der Waals surface area contributed by atoms with Crippen molar-refractivity contribution in [2.45, 2.75) is 61.4 Å². The Morgan fingerprint density at radius 3 is 2.07 bits per heavy atom. The van der Waals surface area contributed by atoms with Crippen molar-refractivity contribution >= 4 is 23.0 Å². The zero-order chi connectivity index (χ0) is 42.0. The summed E-state index contributed by atoms with van der Waals surface area (Å²) in [5, 5.41) is 115. The Hall–Kier alpha value is -5.68. The Labute approximate surface area is 327 Å². The molecule has 2 fully saturated rings. The first-order chi connectivity index (χ1) is 27.6. The van der Waals surface area contributed by atoms with Gasteiger partial charge >= 0.3 is 17.3 Å². The minimum Gasteiger partial charge on any atom is -0.507 e. The van der Waals surface area contributed by atoms with Gasteiger partial charge in [-0.1, -0.05) is 0 Å².